The fourth-order valence-electron chi connectivity index (χ4n) is 3.22. The molecule has 0 bridgehead atoms. The van der Waals surface area contributed by atoms with Crippen LogP contribution in [0.1, 0.15) is 23.1 Å². The number of fused-ring (bicyclic) bond motifs is 1. The molecular weight excluding hydrogens is 354 g/mol. The topological polar surface area (TPSA) is 36.4 Å². The number of hydrogen-bond acceptors (Lipinski definition) is 4. The van der Waals surface area contributed by atoms with Gasteiger partial charge in [-0.05, 0) is 63.7 Å². The predicted molar refractivity (Wildman–Crippen MR) is 115 cm³/mol. The van der Waals surface area contributed by atoms with Crippen molar-refractivity contribution in [2.45, 2.75) is 26.7 Å². The van der Waals surface area contributed by atoms with Gasteiger partial charge < -0.3 is 4.90 Å². The molecule has 0 spiro atoms. The van der Waals surface area contributed by atoms with Crippen LogP contribution < -0.4 is 4.90 Å². The second kappa shape index (κ2) is 8.63. The van der Waals surface area contributed by atoms with Gasteiger partial charge in [0.25, 0.3) is 0 Å². The average Bonchev–Trinajstić information content (AvgIpc) is 3.03. The molecule has 27 heavy (non-hydrogen) atoms. The molecule has 1 aromatic heterocycles. The third-order valence-electron chi connectivity index (χ3n) is 4.53. The van der Waals surface area contributed by atoms with Crippen LogP contribution >= 0.6 is 11.3 Å². The summed E-state index contributed by atoms with van der Waals surface area (Å²) in [5, 5.41) is 0.804. The van der Waals surface area contributed by atoms with Crippen molar-refractivity contribution in [3.8, 4) is 0 Å². The normalized spacial score (nSPS) is 11.3. The van der Waals surface area contributed by atoms with Crippen LogP contribution in [0.3, 0.4) is 0 Å². The number of anilines is 1. The van der Waals surface area contributed by atoms with Crippen LogP contribution in [0.5, 0.6) is 0 Å². The molecule has 0 aliphatic rings. The first kappa shape index (κ1) is 19.5. The quantitative estimate of drug-likeness (QED) is 0.607. The van der Waals surface area contributed by atoms with Gasteiger partial charge >= 0.3 is 0 Å². The van der Waals surface area contributed by atoms with E-state index in [-0.39, 0.29) is 5.91 Å². The van der Waals surface area contributed by atoms with Crippen LogP contribution in [0.4, 0.5) is 5.13 Å². The highest BCUT2D eigenvalue weighted by atomic mass is 32.1. The summed E-state index contributed by atoms with van der Waals surface area (Å²) in [6.07, 6.45) is 1.32. The lowest BCUT2D eigenvalue weighted by Gasteiger charge is -2.21. The van der Waals surface area contributed by atoms with E-state index in [9.17, 15) is 4.79 Å². The van der Waals surface area contributed by atoms with E-state index < -0.39 is 0 Å². The molecule has 0 saturated heterocycles. The minimum Gasteiger partial charge on any atom is -0.309 e. The zero-order chi connectivity index (χ0) is 19.4. The summed E-state index contributed by atoms with van der Waals surface area (Å²) >= 11 is 1.62. The van der Waals surface area contributed by atoms with Gasteiger partial charge in [-0.2, -0.15) is 0 Å². The fourth-order valence-corrected chi connectivity index (χ4v) is 4.28. The lowest BCUT2D eigenvalue weighted by molar-refractivity contribution is -0.118. The Balaban J connectivity index is 1.89. The highest BCUT2D eigenvalue weighted by Gasteiger charge is 2.20. The highest BCUT2D eigenvalue weighted by Crippen LogP contribution is 2.32. The van der Waals surface area contributed by atoms with Crippen LogP contribution in [0.25, 0.3) is 10.2 Å². The molecule has 0 atom stereocenters. The third kappa shape index (κ3) is 4.93. The molecule has 142 valence electrons. The maximum atomic E-state index is 13.1. The Hall–Kier alpha value is -2.24. The van der Waals surface area contributed by atoms with E-state index in [1.54, 1.807) is 11.3 Å². The second-order valence-electron chi connectivity index (χ2n) is 7.29. The van der Waals surface area contributed by atoms with Crippen molar-refractivity contribution in [1.29, 1.82) is 0 Å². The van der Waals surface area contributed by atoms with Crippen molar-refractivity contribution in [2.75, 3.05) is 32.1 Å². The third-order valence-corrected chi connectivity index (χ3v) is 5.76. The van der Waals surface area contributed by atoms with Crippen LogP contribution in [-0.2, 0) is 11.2 Å². The Labute approximate surface area is 165 Å². The van der Waals surface area contributed by atoms with Crippen molar-refractivity contribution < 1.29 is 4.79 Å². The van der Waals surface area contributed by atoms with Gasteiger partial charge in [0, 0.05) is 6.54 Å². The molecule has 0 N–H and O–H groups in total. The summed E-state index contributed by atoms with van der Waals surface area (Å²) in [5.74, 6) is 0.105. The van der Waals surface area contributed by atoms with E-state index in [0.717, 1.165) is 29.2 Å². The highest BCUT2D eigenvalue weighted by molar-refractivity contribution is 7.22. The number of carbonyl (C=O) groups excluding carboxylic acids is 1. The summed E-state index contributed by atoms with van der Waals surface area (Å²) in [6, 6.07) is 14.2. The first-order valence-electron chi connectivity index (χ1n) is 9.31. The van der Waals surface area contributed by atoms with E-state index >= 15 is 0 Å². The maximum absolute atomic E-state index is 13.1. The Bertz CT molecular complexity index is 918. The molecular formula is C22H27N3OS. The van der Waals surface area contributed by atoms with E-state index in [2.05, 4.69) is 45.0 Å². The Kier molecular flexibility index (Phi) is 6.24. The summed E-state index contributed by atoms with van der Waals surface area (Å²) in [6.45, 7) is 5.82. The average molecular weight is 382 g/mol. The Morgan fingerprint density at radius 1 is 1.07 bits per heavy atom. The number of nitrogens with zero attached hydrogens (tertiary/aromatic N) is 3. The monoisotopic (exact) mass is 381 g/mol. The molecule has 3 aromatic rings. The van der Waals surface area contributed by atoms with Crippen LogP contribution in [0, 0.1) is 13.8 Å². The van der Waals surface area contributed by atoms with Gasteiger partial charge in [-0.3, -0.25) is 9.69 Å². The maximum Gasteiger partial charge on any atom is 0.233 e. The number of hydrogen-bond donors (Lipinski definition) is 0. The zero-order valence-electron chi connectivity index (χ0n) is 16.5. The molecule has 1 amide bonds. The van der Waals surface area contributed by atoms with Crippen molar-refractivity contribution in [1.82, 2.24) is 9.88 Å². The molecule has 0 fully saturated rings. The van der Waals surface area contributed by atoms with E-state index in [1.165, 1.54) is 15.8 Å². The van der Waals surface area contributed by atoms with Gasteiger partial charge in [-0.25, -0.2) is 4.98 Å². The molecule has 0 aliphatic carbocycles. The Morgan fingerprint density at radius 3 is 2.52 bits per heavy atom. The van der Waals surface area contributed by atoms with Crippen molar-refractivity contribution in [2.24, 2.45) is 0 Å². The minimum atomic E-state index is 0.105. The molecule has 2 aromatic carbocycles. The summed E-state index contributed by atoms with van der Waals surface area (Å²) in [7, 11) is 4.11. The minimum absolute atomic E-state index is 0.105. The first-order valence-corrected chi connectivity index (χ1v) is 10.1. The van der Waals surface area contributed by atoms with E-state index in [0.29, 0.717) is 13.0 Å². The van der Waals surface area contributed by atoms with Crippen LogP contribution in [0.15, 0.2) is 42.5 Å². The zero-order valence-corrected chi connectivity index (χ0v) is 17.3. The van der Waals surface area contributed by atoms with Gasteiger partial charge in [0.15, 0.2) is 5.13 Å². The summed E-state index contributed by atoms with van der Waals surface area (Å²) in [4.78, 5) is 21.9. The predicted octanol–water partition coefficient (Wildman–Crippen LogP) is 4.44. The number of benzene rings is 2. The number of aromatic nitrogens is 1. The molecule has 1 heterocycles. The van der Waals surface area contributed by atoms with E-state index in [1.807, 2.05) is 35.2 Å². The van der Waals surface area contributed by atoms with Crippen molar-refractivity contribution >= 4 is 32.6 Å². The fraction of sp³-hybridized carbons (Fsp3) is 0.364. The number of aryl methyl sites for hydroxylation is 2. The van der Waals surface area contributed by atoms with E-state index in [4.69, 9.17) is 4.98 Å². The largest absolute Gasteiger partial charge is 0.309 e. The number of rotatable bonds is 7. The molecule has 5 heteroatoms. The molecule has 0 radical (unpaired) electrons. The lowest BCUT2D eigenvalue weighted by Crippen LogP contribution is -2.34. The van der Waals surface area contributed by atoms with Gasteiger partial charge in [0.1, 0.15) is 0 Å². The van der Waals surface area contributed by atoms with Gasteiger partial charge in [0.2, 0.25) is 5.91 Å². The van der Waals surface area contributed by atoms with Gasteiger partial charge in [-0.15, -0.1) is 0 Å². The van der Waals surface area contributed by atoms with Crippen molar-refractivity contribution in [3.63, 3.8) is 0 Å². The van der Waals surface area contributed by atoms with Gasteiger partial charge in [0.05, 0.1) is 16.6 Å². The molecule has 0 unspecified atom stereocenters. The van der Waals surface area contributed by atoms with Crippen LogP contribution in [-0.4, -0.2) is 43.0 Å². The Morgan fingerprint density at radius 2 is 1.81 bits per heavy atom. The SMILES string of the molecule is Cc1cc(C)c2sc(N(CCCN(C)C)C(=O)Cc3ccccc3)nc2c1. The number of thiazole rings is 1. The molecule has 3 rings (SSSR count). The molecule has 0 aliphatic heterocycles. The molecule has 0 saturated carbocycles. The first-order chi connectivity index (χ1) is 12.9. The smallest absolute Gasteiger partial charge is 0.233 e. The lowest BCUT2D eigenvalue weighted by atomic mass is 10.1. The number of amides is 1. The standard InChI is InChI=1S/C22H27N3OS/c1-16-13-17(2)21-19(14-16)23-22(27-21)25(12-8-11-24(3)4)20(26)15-18-9-6-5-7-10-18/h5-7,9-10,13-14H,8,11-12,15H2,1-4H3. The summed E-state index contributed by atoms with van der Waals surface area (Å²) in [5.41, 5.74) is 4.44. The summed E-state index contributed by atoms with van der Waals surface area (Å²) < 4.78 is 1.17. The van der Waals surface area contributed by atoms with Crippen LogP contribution in [0.2, 0.25) is 0 Å². The van der Waals surface area contributed by atoms with Gasteiger partial charge in [-0.1, -0.05) is 47.7 Å². The van der Waals surface area contributed by atoms with Crippen molar-refractivity contribution in [3.05, 3.63) is 59.2 Å². The molecule has 4 nitrogen and oxygen atoms in total. The second-order valence-corrected chi connectivity index (χ2v) is 8.27. The number of carbonyl (C=O) groups is 1.